The highest BCUT2D eigenvalue weighted by Gasteiger charge is 2.27. The number of hydrogen-bond donors (Lipinski definition) is 2. The van der Waals surface area contributed by atoms with Crippen LogP contribution in [0.1, 0.15) is 44.1 Å². The fourth-order valence-electron chi connectivity index (χ4n) is 2.77. The molecule has 110 valence electrons. The topological polar surface area (TPSA) is 48.4 Å². The van der Waals surface area contributed by atoms with Crippen LogP contribution in [-0.4, -0.2) is 35.3 Å². The Balaban J connectivity index is 1.73. The molecule has 0 amide bonds. The first-order valence-corrected chi connectivity index (χ1v) is 7.93. The van der Waals surface area contributed by atoms with Gasteiger partial charge in [-0.1, -0.05) is 6.07 Å². The molecule has 0 unspecified atom stereocenters. The zero-order valence-corrected chi connectivity index (χ0v) is 12.1. The van der Waals surface area contributed by atoms with Crippen molar-refractivity contribution < 1.29 is 5.11 Å². The Kier molecular flexibility index (Phi) is 4.53. The molecule has 0 spiro atoms. The Bertz CT molecular complexity index is 429. The lowest BCUT2D eigenvalue weighted by Crippen LogP contribution is -2.42. The van der Waals surface area contributed by atoms with Gasteiger partial charge in [0.25, 0.3) is 0 Å². The summed E-state index contributed by atoms with van der Waals surface area (Å²) in [7, 11) is 0. The van der Waals surface area contributed by atoms with Gasteiger partial charge in [0.1, 0.15) is 5.82 Å². The van der Waals surface area contributed by atoms with E-state index in [0.29, 0.717) is 6.04 Å². The zero-order valence-electron chi connectivity index (χ0n) is 12.1. The molecule has 2 saturated carbocycles. The van der Waals surface area contributed by atoms with Crippen molar-refractivity contribution in [3.8, 4) is 0 Å². The summed E-state index contributed by atoms with van der Waals surface area (Å²) in [5.41, 5.74) is 1.30. The molecule has 3 rings (SSSR count). The summed E-state index contributed by atoms with van der Waals surface area (Å²) >= 11 is 0. The van der Waals surface area contributed by atoms with Crippen molar-refractivity contribution in [2.24, 2.45) is 0 Å². The number of rotatable bonds is 8. The summed E-state index contributed by atoms with van der Waals surface area (Å²) < 4.78 is 0. The van der Waals surface area contributed by atoms with Crippen LogP contribution in [-0.2, 0) is 6.54 Å². The summed E-state index contributed by atoms with van der Waals surface area (Å²) in [5, 5.41) is 12.7. The van der Waals surface area contributed by atoms with E-state index in [1.807, 2.05) is 12.3 Å². The van der Waals surface area contributed by atoms with Crippen LogP contribution < -0.4 is 10.2 Å². The number of aliphatic hydroxyl groups excluding tert-OH is 1. The van der Waals surface area contributed by atoms with E-state index in [1.54, 1.807) is 0 Å². The van der Waals surface area contributed by atoms with Gasteiger partial charge < -0.3 is 15.3 Å². The van der Waals surface area contributed by atoms with Gasteiger partial charge in [-0.15, -0.1) is 0 Å². The van der Waals surface area contributed by atoms with Gasteiger partial charge in [-0.25, -0.2) is 4.98 Å². The predicted octanol–water partition coefficient (Wildman–Crippen LogP) is 2.07. The summed E-state index contributed by atoms with van der Waals surface area (Å²) in [4.78, 5) is 7.06. The third kappa shape index (κ3) is 3.30. The van der Waals surface area contributed by atoms with Gasteiger partial charge >= 0.3 is 0 Å². The van der Waals surface area contributed by atoms with Crippen LogP contribution in [0.15, 0.2) is 18.3 Å². The Morgan fingerprint density at radius 2 is 2.15 bits per heavy atom. The first-order chi connectivity index (χ1) is 9.88. The normalized spacial score (nSPS) is 18.9. The minimum atomic E-state index is 0.256. The lowest BCUT2D eigenvalue weighted by atomic mass is 9.91. The molecular weight excluding hydrogens is 250 g/mol. The molecule has 0 atom stereocenters. The van der Waals surface area contributed by atoms with Crippen molar-refractivity contribution >= 4 is 5.82 Å². The summed E-state index contributed by atoms with van der Waals surface area (Å²) in [6, 6.07) is 5.55. The van der Waals surface area contributed by atoms with Gasteiger partial charge in [0, 0.05) is 43.5 Å². The van der Waals surface area contributed by atoms with E-state index in [0.717, 1.165) is 31.4 Å². The molecule has 1 aromatic rings. The SMILES string of the molecule is OCCCN(c1ncccc1CNC1CC1)C1CCC1. The Hall–Kier alpha value is -1.13. The Morgan fingerprint density at radius 1 is 1.30 bits per heavy atom. The van der Waals surface area contributed by atoms with Crippen molar-refractivity contribution in [1.29, 1.82) is 0 Å². The number of pyridine rings is 1. The largest absolute Gasteiger partial charge is 0.396 e. The first-order valence-electron chi connectivity index (χ1n) is 7.93. The molecule has 0 aliphatic heterocycles. The van der Waals surface area contributed by atoms with Crippen LogP contribution in [0.25, 0.3) is 0 Å². The molecule has 20 heavy (non-hydrogen) atoms. The average Bonchev–Trinajstić information content (AvgIpc) is 3.23. The predicted molar refractivity (Wildman–Crippen MR) is 80.8 cm³/mol. The number of nitrogens with zero attached hydrogens (tertiary/aromatic N) is 2. The molecule has 2 N–H and O–H groups in total. The van der Waals surface area contributed by atoms with E-state index in [1.165, 1.54) is 37.7 Å². The smallest absolute Gasteiger partial charge is 0.133 e. The maximum Gasteiger partial charge on any atom is 0.133 e. The third-order valence-electron chi connectivity index (χ3n) is 4.37. The monoisotopic (exact) mass is 275 g/mol. The van der Waals surface area contributed by atoms with Gasteiger partial charge in [-0.05, 0) is 44.6 Å². The van der Waals surface area contributed by atoms with E-state index in [-0.39, 0.29) is 6.61 Å². The number of anilines is 1. The van der Waals surface area contributed by atoms with Crippen LogP contribution in [0.3, 0.4) is 0 Å². The molecule has 0 bridgehead atoms. The maximum atomic E-state index is 9.13. The maximum absolute atomic E-state index is 9.13. The molecule has 0 aromatic carbocycles. The van der Waals surface area contributed by atoms with Crippen molar-refractivity contribution in [2.75, 3.05) is 18.1 Å². The van der Waals surface area contributed by atoms with E-state index < -0.39 is 0 Å². The summed E-state index contributed by atoms with van der Waals surface area (Å²) in [6.45, 7) is 2.08. The highest BCUT2D eigenvalue weighted by atomic mass is 16.3. The van der Waals surface area contributed by atoms with Crippen LogP contribution >= 0.6 is 0 Å². The molecule has 1 aromatic heterocycles. The molecule has 2 aliphatic carbocycles. The van der Waals surface area contributed by atoms with Gasteiger partial charge in [-0.2, -0.15) is 0 Å². The number of aromatic nitrogens is 1. The van der Waals surface area contributed by atoms with Crippen LogP contribution in [0.5, 0.6) is 0 Å². The van der Waals surface area contributed by atoms with Crippen LogP contribution in [0.2, 0.25) is 0 Å². The van der Waals surface area contributed by atoms with Gasteiger partial charge in [0.05, 0.1) is 0 Å². The lowest BCUT2D eigenvalue weighted by Gasteiger charge is -2.39. The summed E-state index contributed by atoms with van der Waals surface area (Å²) in [5.74, 6) is 1.12. The van der Waals surface area contributed by atoms with E-state index >= 15 is 0 Å². The highest BCUT2D eigenvalue weighted by Crippen LogP contribution is 2.31. The van der Waals surface area contributed by atoms with Crippen molar-refractivity contribution in [1.82, 2.24) is 10.3 Å². The second kappa shape index (κ2) is 6.55. The summed E-state index contributed by atoms with van der Waals surface area (Å²) in [6.07, 6.45) is 9.18. The molecule has 0 saturated heterocycles. The fourth-order valence-corrected chi connectivity index (χ4v) is 2.77. The van der Waals surface area contributed by atoms with E-state index in [2.05, 4.69) is 21.3 Å². The second-order valence-corrected chi connectivity index (χ2v) is 6.00. The zero-order chi connectivity index (χ0) is 13.8. The molecule has 0 radical (unpaired) electrons. The van der Waals surface area contributed by atoms with Crippen LogP contribution in [0, 0.1) is 0 Å². The lowest BCUT2D eigenvalue weighted by molar-refractivity contribution is 0.282. The number of hydrogen-bond acceptors (Lipinski definition) is 4. The molecular formula is C16H25N3O. The van der Waals surface area contributed by atoms with Crippen molar-refractivity contribution in [3.05, 3.63) is 23.9 Å². The Morgan fingerprint density at radius 3 is 2.80 bits per heavy atom. The van der Waals surface area contributed by atoms with Crippen molar-refractivity contribution in [2.45, 2.75) is 57.2 Å². The first kappa shape index (κ1) is 13.8. The second-order valence-electron chi connectivity index (χ2n) is 6.00. The van der Waals surface area contributed by atoms with E-state index in [9.17, 15) is 0 Å². The minimum Gasteiger partial charge on any atom is -0.396 e. The number of aliphatic hydroxyl groups is 1. The van der Waals surface area contributed by atoms with Crippen LogP contribution in [0.4, 0.5) is 5.82 Å². The average molecular weight is 275 g/mol. The highest BCUT2D eigenvalue weighted by molar-refractivity contribution is 5.48. The Labute approximate surface area is 121 Å². The quantitative estimate of drug-likeness (QED) is 0.762. The third-order valence-corrected chi connectivity index (χ3v) is 4.37. The van der Waals surface area contributed by atoms with Gasteiger partial charge in [-0.3, -0.25) is 0 Å². The number of nitrogens with one attached hydrogen (secondary N) is 1. The standard InChI is InChI=1S/C16H25N3O/c20-11-3-10-19(15-5-1-6-15)16-13(4-2-9-17-16)12-18-14-7-8-14/h2,4,9,14-15,18,20H,1,3,5-8,10-12H2. The molecule has 4 nitrogen and oxygen atoms in total. The van der Waals surface area contributed by atoms with E-state index in [4.69, 9.17) is 5.11 Å². The molecule has 4 heteroatoms. The van der Waals surface area contributed by atoms with Crippen molar-refractivity contribution in [3.63, 3.8) is 0 Å². The molecule has 1 heterocycles. The minimum absolute atomic E-state index is 0.256. The molecule has 2 aliphatic rings. The van der Waals surface area contributed by atoms with Gasteiger partial charge in [0.15, 0.2) is 0 Å². The van der Waals surface area contributed by atoms with Gasteiger partial charge in [0.2, 0.25) is 0 Å². The fraction of sp³-hybridized carbons (Fsp3) is 0.688. The molecule has 2 fully saturated rings.